The summed E-state index contributed by atoms with van der Waals surface area (Å²) < 4.78 is 0. The molecule has 8 aromatic rings. The Labute approximate surface area is 387 Å². The summed E-state index contributed by atoms with van der Waals surface area (Å²) in [6, 6.07) is 49.7. The molecule has 8 aromatic carbocycles. The van der Waals surface area contributed by atoms with E-state index in [0.717, 1.165) is 24.2 Å². The lowest BCUT2D eigenvalue weighted by Gasteiger charge is -2.48. The van der Waals surface area contributed by atoms with Crippen LogP contribution in [0.3, 0.4) is 0 Å². The van der Waals surface area contributed by atoms with E-state index in [1.54, 1.807) is 0 Å². The Balaban J connectivity index is 1.36. The van der Waals surface area contributed by atoms with Gasteiger partial charge in [-0.05, 0) is 223 Å². The van der Waals surface area contributed by atoms with Gasteiger partial charge in [0, 0.05) is 28.1 Å². The number of benzene rings is 8. The molecule has 0 aromatic heterocycles. The molecule has 65 heavy (non-hydrogen) atoms. The number of allylic oxidation sites excluding steroid dienone is 4. The summed E-state index contributed by atoms with van der Waals surface area (Å²) in [4.78, 5) is 5.20. The van der Waals surface area contributed by atoms with Crippen molar-refractivity contribution in [2.75, 3.05) is 9.80 Å². The van der Waals surface area contributed by atoms with Gasteiger partial charge in [-0.25, -0.2) is 0 Å². The van der Waals surface area contributed by atoms with Gasteiger partial charge in [0.15, 0.2) is 0 Å². The predicted octanol–water partition coefficient (Wildman–Crippen LogP) is 16.6. The number of hydrogen-bond donors (Lipinski definition) is 0. The summed E-state index contributed by atoms with van der Waals surface area (Å²) in [5.41, 5.74) is 22.2. The van der Waals surface area contributed by atoms with Crippen molar-refractivity contribution in [3.05, 3.63) is 218 Å². The van der Waals surface area contributed by atoms with E-state index in [-0.39, 0.29) is 5.41 Å². The fourth-order valence-corrected chi connectivity index (χ4v) is 10.5. The maximum absolute atomic E-state index is 2.68. The molecule has 2 aliphatic carbocycles. The quantitative estimate of drug-likeness (QED) is 0.150. The number of rotatable bonds is 8. The molecular formula is C63H62N2. The van der Waals surface area contributed by atoms with Crippen LogP contribution < -0.4 is 15.0 Å². The topological polar surface area (TPSA) is 6.48 Å². The first-order chi connectivity index (χ1) is 31.1. The molecule has 0 N–H and O–H groups in total. The minimum atomic E-state index is -0.585. The first kappa shape index (κ1) is 42.3. The van der Waals surface area contributed by atoms with E-state index in [1.165, 1.54) is 116 Å². The van der Waals surface area contributed by atoms with E-state index in [2.05, 4.69) is 238 Å². The van der Waals surface area contributed by atoms with Gasteiger partial charge in [-0.2, -0.15) is 0 Å². The van der Waals surface area contributed by atoms with Gasteiger partial charge >= 0.3 is 0 Å². The van der Waals surface area contributed by atoms with E-state index in [4.69, 9.17) is 0 Å². The van der Waals surface area contributed by atoms with Crippen LogP contribution in [-0.4, -0.2) is 0 Å². The minimum absolute atomic E-state index is 0.107. The average Bonchev–Trinajstić information content (AvgIpc) is 3.28. The van der Waals surface area contributed by atoms with Crippen molar-refractivity contribution in [1.29, 1.82) is 0 Å². The van der Waals surface area contributed by atoms with E-state index >= 15 is 0 Å². The Hall–Kier alpha value is -6.64. The van der Waals surface area contributed by atoms with Crippen molar-refractivity contribution in [3.63, 3.8) is 0 Å². The smallest absolute Gasteiger partial charge is 0.0995 e. The van der Waals surface area contributed by atoms with E-state index < -0.39 is 5.54 Å². The zero-order valence-electron chi connectivity index (χ0n) is 40.2. The SMILES string of the molecule is Cc1ccc(C2(N(c3ccc(C)c(C)c3)c3ccc(C)c(C)c3)CC=c3ccc4c(C5=CCC(C)(C)C=C5)cc(N(c5ccc(C)c(C)c5)c5ccc(C)c(C)c5)c5ccc2c3c45)cc1. The molecule has 1 atom stereocenters. The lowest BCUT2D eigenvalue weighted by atomic mass is 9.71. The normalized spacial score (nSPS) is 16.4. The zero-order valence-corrected chi connectivity index (χ0v) is 40.2. The molecule has 0 fully saturated rings. The molecular weight excluding hydrogens is 785 g/mol. The second-order valence-electron chi connectivity index (χ2n) is 20.1. The van der Waals surface area contributed by atoms with Crippen LogP contribution in [0.15, 0.2) is 146 Å². The van der Waals surface area contributed by atoms with Crippen molar-refractivity contribution < 1.29 is 0 Å². The van der Waals surface area contributed by atoms with Crippen LogP contribution in [0.25, 0.3) is 33.2 Å². The van der Waals surface area contributed by atoms with Crippen LogP contribution >= 0.6 is 0 Å². The Bertz CT molecular complexity index is 3240. The highest BCUT2D eigenvalue weighted by Gasteiger charge is 2.44. The third kappa shape index (κ3) is 7.10. The van der Waals surface area contributed by atoms with Crippen LogP contribution in [0.1, 0.15) is 93.5 Å². The van der Waals surface area contributed by atoms with E-state index in [1.807, 2.05) is 0 Å². The van der Waals surface area contributed by atoms with Crippen molar-refractivity contribution in [3.8, 4) is 0 Å². The summed E-state index contributed by atoms with van der Waals surface area (Å²) in [6.07, 6.45) is 11.6. The van der Waals surface area contributed by atoms with Gasteiger partial charge in [0.2, 0.25) is 0 Å². The van der Waals surface area contributed by atoms with Crippen molar-refractivity contribution >= 4 is 61.6 Å². The summed E-state index contributed by atoms with van der Waals surface area (Å²) in [5.74, 6) is 0. The van der Waals surface area contributed by atoms with Gasteiger partial charge in [-0.15, -0.1) is 0 Å². The molecule has 1 unspecified atom stereocenters. The Morgan fingerprint density at radius 1 is 0.446 bits per heavy atom. The highest BCUT2D eigenvalue weighted by Crippen LogP contribution is 2.53. The van der Waals surface area contributed by atoms with Gasteiger partial charge < -0.3 is 9.80 Å². The minimum Gasteiger partial charge on any atom is -0.327 e. The molecule has 0 aliphatic heterocycles. The van der Waals surface area contributed by atoms with Gasteiger partial charge in [-0.1, -0.05) is 117 Å². The van der Waals surface area contributed by atoms with Crippen molar-refractivity contribution in [2.24, 2.45) is 5.41 Å². The maximum Gasteiger partial charge on any atom is 0.0995 e. The van der Waals surface area contributed by atoms with E-state index in [9.17, 15) is 0 Å². The first-order valence-corrected chi connectivity index (χ1v) is 23.5. The molecule has 0 amide bonds. The Kier molecular flexibility index (Phi) is 10.3. The van der Waals surface area contributed by atoms with Gasteiger partial charge in [0.1, 0.15) is 0 Å². The molecule has 0 saturated heterocycles. The molecule has 0 heterocycles. The summed E-state index contributed by atoms with van der Waals surface area (Å²) in [7, 11) is 0. The van der Waals surface area contributed by atoms with Crippen LogP contribution in [0, 0.1) is 67.7 Å². The summed E-state index contributed by atoms with van der Waals surface area (Å²) >= 11 is 0. The number of nitrogens with zero attached hydrogens (tertiary/aromatic N) is 2. The molecule has 0 bridgehead atoms. The fourth-order valence-electron chi connectivity index (χ4n) is 10.5. The lowest BCUT2D eigenvalue weighted by Crippen LogP contribution is -2.46. The fraction of sp³-hybridized carbons (Fsp3) is 0.238. The summed E-state index contributed by atoms with van der Waals surface area (Å²) in [6.45, 7) is 24.7. The highest BCUT2D eigenvalue weighted by atomic mass is 15.2. The largest absolute Gasteiger partial charge is 0.327 e. The van der Waals surface area contributed by atoms with Crippen LogP contribution in [0.2, 0.25) is 0 Å². The highest BCUT2D eigenvalue weighted by molar-refractivity contribution is 6.21. The van der Waals surface area contributed by atoms with Gasteiger partial charge in [0.05, 0.1) is 11.2 Å². The maximum atomic E-state index is 2.68. The average molecular weight is 847 g/mol. The molecule has 2 heteroatoms. The molecule has 0 saturated carbocycles. The number of hydrogen-bond acceptors (Lipinski definition) is 2. The monoisotopic (exact) mass is 846 g/mol. The third-order valence-electron chi connectivity index (χ3n) is 15.1. The first-order valence-electron chi connectivity index (χ1n) is 23.5. The number of aryl methyl sites for hydroxylation is 9. The van der Waals surface area contributed by atoms with Crippen LogP contribution in [0.5, 0.6) is 0 Å². The van der Waals surface area contributed by atoms with E-state index in [0.29, 0.717) is 0 Å². The molecule has 2 aliphatic rings. The molecule has 324 valence electrons. The molecule has 0 spiro atoms. The zero-order chi connectivity index (χ0) is 45.5. The van der Waals surface area contributed by atoms with Crippen molar-refractivity contribution in [2.45, 2.75) is 94.5 Å². The molecule has 10 rings (SSSR count). The second-order valence-corrected chi connectivity index (χ2v) is 20.1. The third-order valence-corrected chi connectivity index (χ3v) is 15.1. The van der Waals surface area contributed by atoms with Gasteiger partial charge in [0.25, 0.3) is 0 Å². The number of anilines is 5. The molecule has 2 nitrogen and oxygen atoms in total. The summed E-state index contributed by atoms with van der Waals surface area (Å²) in [5, 5.41) is 6.48. The van der Waals surface area contributed by atoms with Crippen LogP contribution in [0.4, 0.5) is 28.4 Å². The molecule has 0 radical (unpaired) electrons. The van der Waals surface area contributed by atoms with Crippen LogP contribution in [-0.2, 0) is 5.54 Å². The standard InChI is InChI=1S/C63H62N2/c1-39-12-19-50(20-13-39)63(65(53-23-16-42(4)46(8)36-53)54-24-17-43(5)47(9)37-54)33-30-49-18-25-55-57(48-28-31-62(10,11)32-29-48)38-59(56-26-27-58(63)60(49)61(55)56)64(51-21-14-40(2)44(6)34-51)52-22-15-41(3)45(7)35-52/h12-31,34-38H,32-33H2,1-11H3. The lowest BCUT2D eigenvalue weighted by molar-refractivity contribution is 0.486. The predicted molar refractivity (Wildman–Crippen MR) is 281 cm³/mol. The Morgan fingerprint density at radius 3 is 1.49 bits per heavy atom. The van der Waals surface area contributed by atoms with Crippen molar-refractivity contribution in [1.82, 2.24) is 0 Å². The second kappa shape index (κ2) is 15.8. The van der Waals surface area contributed by atoms with Gasteiger partial charge in [-0.3, -0.25) is 0 Å². The Morgan fingerprint density at radius 2 is 0.969 bits per heavy atom.